The zero-order valence-corrected chi connectivity index (χ0v) is 8.29. The van der Waals surface area contributed by atoms with Crippen molar-refractivity contribution >= 4 is 0 Å². The van der Waals surface area contributed by atoms with E-state index >= 15 is 0 Å². The van der Waals surface area contributed by atoms with Crippen molar-refractivity contribution in [2.24, 2.45) is 0 Å². The van der Waals surface area contributed by atoms with Gasteiger partial charge in [-0.1, -0.05) is 0 Å². The van der Waals surface area contributed by atoms with Crippen LogP contribution in [-0.4, -0.2) is 27.4 Å². The predicted molar refractivity (Wildman–Crippen MR) is 45.9 cm³/mol. The van der Waals surface area contributed by atoms with Crippen LogP contribution in [0.25, 0.3) is 0 Å². The van der Waals surface area contributed by atoms with Gasteiger partial charge in [-0.2, -0.15) is 0 Å². The topological polar surface area (TPSA) is 43.4 Å². The number of nitrogens with zero attached hydrogens (tertiary/aromatic N) is 1. The van der Waals surface area contributed by atoms with Crippen molar-refractivity contribution in [2.75, 3.05) is 0 Å². The van der Waals surface area contributed by atoms with E-state index < -0.39 is 11.6 Å². The number of piperidine rings is 1. The smallest absolute Gasteiger partial charge is 0.0743 e. The molecule has 1 fully saturated rings. The maximum absolute atomic E-state index is 11.7. The molecule has 0 aromatic heterocycles. The van der Waals surface area contributed by atoms with Crippen molar-refractivity contribution in [2.45, 2.75) is 57.7 Å². The molecule has 0 aromatic rings. The largest absolute Gasteiger partial charge is 0.391 e. The molecule has 0 amide bonds. The van der Waals surface area contributed by atoms with Crippen LogP contribution in [0.2, 0.25) is 0 Å². The summed E-state index contributed by atoms with van der Waals surface area (Å²) in [4.78, 5) is 0. The third-order valence-corrected chi connectivity index (χ3v) is 2.92. The van der Waals surface area contributed by atoms with Crippen LogP contribution >= 0.6 is 0 Å². The summed E-state index contributed by atoms with van der Waals surface area (Å²) in [6.07, 6.45) is 0.989. The molecule has 1 heterocycles. The summed E-state index contributed by atoms with van der Waals surface area (Å²) >= 11 is 0. The summed E-state index contributed by atoms with van der Waals surface area (Å²) in [7, 11) is 0. The minimum Gasteiger partial charge on any atom is -0.391 e. The minimum absolute atomic E-state index is 0.331. The van der Waals surface area contributed by atoms with E-state index in [1.54, 1.807) is 13.8 Å². The van der Waals surface area contributed by atoms with E-state index in [0.29, 0.717) is 0 Å². The third-order valence-electron chi connectivity index (χ3n) is 2.92. The minimum atomic E-state index is -0.637. The van der Waals surface area contributed by atoms with Gasteiger partial charge in [0.1, 0.15) is 0 Å². The molecule has 0 spiro atoms. The molecule has 0 bridgehead atoms. The molecule has 12 heavy (non-hydrogen) atoms. The highest BCUT2D eigenvalue weighted by Gasteiger charge is 2.47. The Hall–Kier alpha value is -0.120. The standard InChI is InChI=1S/C9H18NO2/c1-8(2)6-5-7(11)9(3,4)10(8)12/h7,11H,5-6H2,1-4H3. The highest BCUT2D eigenvalue weighted by atomic mass is 16.5. The first-order valence-electron chi connectivity index (χ1n) is 4.44. The van der Waals surface area contributed by atoms with Crippen LogP contribution in [-0.2, 0) is 5.21 Å². The van der Waals surface area contributed by atoms with Gasteiger partial charge in [-0.3, -0.25) is 0 Å². The summed E-state index contributed by atoms with van der Waals surface area (Å²) < 4.78 is 0. The summed E-state index contributed by atoms with van der Waals surface area (Å²) in [6.45, 7) is 7.44. The van der Waals surface area contributed by atoms with E-state index in [9.17, 15) is 10.3 Å². The lowest BCUT2D eigenvalue weighted by Gasteiger charge is -2.49. The van der Waals surface area contributed by atoms with Gasteiger partial charge in [0.05, 0.1) is 11.6 Å². The number of rotatable bonds is 0. The van der Waals surface area contributed by atoms with Crippen LogP contribution < -0.4 is 0 Å². The van der Waals surface area contributed by atoms with Crippen molar-refractivity contribution < 1.29 is 10.3 Å². The Kier molecular flexibility index (Phi) is 2.23. The van der Waals surface area contributed by atoms with Crippen molar-refractivity contribution in [3.63, 3.8) is 0 Å². The second kappa shape index (κ2) is 2.69. The van der Waals surface area contributed by atoms with Gasteiger partial charge in [-0.15, -0.1) is 10.3 Å². The molecule has 1 aliphatic rings. The normalized spacial score (nSPS) is 35.0. The average Bonchev–Trinajstić information content (AvgIpc) is 1.96. The molecule has 1 radical (unpaired) electrons. The molecule has 1 aliphatic heterocycles. The van der Waals surface area contributed by atoms with Crippen molar-refractivity contribution in [1.82, 2.24) is 5.06 Å². The molecule has 1 rings (SSSR count). The molecular formula is C9H18NO2. The molecule has 71 valence electrons. The fraction of sp³-hybridized carbons (Fsp3) is 1.00. The van der Waals surface area contributed by atoms with Crippen LogP contribution in [0.4, 0.5) is 0 Å². The average molecular weight is 172 g/mol. The number of aliphatic hydroxyl groups is 1. The Morgan fingerprint density at radius 3 is 2.25 bits per heavy atom. The molecule has 0 aliphatic carbocycles. The lowest BCUT2D eigenvalue weighted by Crippen LogP contribution is -2.62. The molecule has 1 unspecified atom stereocenters. The Morgan fingerprint density at radius 1 is 1.33 bits per heavy atom. The number of aliphatic hydroxyl groups excluding tert-OH is 1. The second-order valence-corrected chi connectivity index (χ2v) is 4.81. The predicted octanol–water partition coefficient (Wildman–Crippen LogP) is 1.35. The van der Waals surface area contributed by atoms with Gasteiger partial charge in [0.25, 0.3) is 0 Å². The van der Waals surface area contributed by atoms with Crippen molar-refractivity contribution in [3.05, 3.63) is 0 Å². The highest BCUT2D eigenvalue weighted by molar-refractivity contribution is 4.97. The summed E-state index contributed by atoms with van der Waals surface area (Å²) in [5.41, 5.74) is -0.968. The first-order chi connectivity index (χ1) is 5.28. The Bertz CT molecular complexity index is 177. The second-order valence-electron chi connectivity index (χ2n) is 4.81. The summed E-state index contributed by atoms with van der Waals surface area (Å²) in [5, 5.41) is 22.4. The highest BCUT2D eigenvalue weighted by Crippen LogP contribution is 2.36. The van der Waals surface area contributed by atoms with E-state index in [1.807, 2.05) is 13.8 Å². The van der Waals surface area contributed by atoms with Gasteiger partial charge >= 0.3 is 0 Å². The Morgan fingerprint density at radius 2 is 1.83 bits per heavy atom. The maximum Gasteiger partial charge on any atom is 0.0743 e. The first-order valence-corrected chi connectivity index (χ1v) is 4.44. The maximum atomic E-state index is 11.7. The van der Waals surface area contributed by atoms with Gasteiger partial charge < -0.3 is 5.11 Å². The Balaban J connectivity index is 2.86. The lowest BCUT2D eigenvalue weighted by atomic mass is 9.80. The van der Waals surface area contributed by atoms with Gasteiger partial charge in [-0.25, -0.2) is 0 Å². The molecule has 1 saturated heterocycles. The van der Waals surface area contributed by atoms with Crippen LogP contribution in [0.15, 0.2) is 0 Å². The van der Waals surface area contributed by atoms with Crippen molar-refractivity contribution in [1.29, 1.82) is 0 Å². The monoisotopic (exact) mass is 172 g/mol. The van der Waals surface area contributed by atoms with Crippen LogP contribution in [0, 0.1) is 0 Å². The molecule has 3 heteroatoms. The number of hydrogen-bond donors (Lipinski definition) is 1. The molecule has 1 atom stereocenters. The lowest BCUT2D eigenvalue weighted by molar-refractivity contribution is -0.308. The first kappa shape index (κ1) is 9.96. The molecule has 0 aromatic carbocycles. The molecule has 0 saturated carbocycles. The van der Waals surface area contributed by atoms with Gasteiger partial charge in [0.15, 0.2) is 0 Å². The molecule has 3 nitrogen and oxygen atoms in total. The quantitative estimate of drug-likeness (QED) is 0.599. The zero-order valence-electron chi connectivity index (χ0n) is 8.29. The Labute approximate surface area is 74.0 Å². The van der Waals surface area contributed by atoms with Gasteiger partial charge in [0, 0.05) is 5.54 Å². The van der Waals surface area contributed by atoms with E-state index in [0.717, 1.165) is 17.9 Å². The van der Waals surface area contributed by atoms with Crippen molar-refractivity contribution in [3.8, 4) is 0 Å². The summed E-state index contributed by atoms with van der Waals surface area (Å²) in [6, 6.07) is 0. The van der Waals surface area contributed by atoms with E-state index in [4.69, 9.17) is 0 Å². The van der Waals surface area contributed by atoms with Gasteiger partial charge in [0.2, 0.25) is 0 Å². The van der Waals surface area contributed by atoms with E-state index in [-0.39, 0.29) is 5.54 Å². The fourth-order valence-electron chi connectivity index (χ4n) is 1.86. The molecular weight excluding hydrogens is 154 g/mol. The van der Waals surface area contributed by atoms with Crippen LogP contribution in [0.3, 0.4) is 0 Å². The zero-order chi connectivity index (χ0) is 9.57. The summed E-state index contributed by atoms with van der Waals surface area (Å²) in [5.74, 6) is 0. The van der Waals surface area contributed by atoms with Gasteiger partial charge in [-0.05, 0) is 40.5 Å². The van der Waals surface area contributed by atoms with Crippen LogP contribution in [0.1, 0.15) is 40.5 Å². The SMILES string of the molecule is CC1(C)CCC(O)C(C)(C)N1[O]. The molecule has 1 N–H and O–H groups in total. The van der Waals surface area contributed by atoms with E-state index in [2.05, 4.69) is 0 Å². The van der Waals surface area contributed by atoms with Crippen LogP contribution in [0.5, 0.6) is 0 Å². The third kappa shape index (κ3) is 1.37. The number of hydroxylamine groups is 2. The number of hydrogen-bond acceptors (Lipinski definition) is 2. The fourth-order valence-corrected chi connectivity index (χ4v) is 1.86. The van der Waals surface area contributed by atoms with E-state index in [1.165, 1.54) is 0 Å².